The molecular weight excluding hydrogens is 167 g/mol. The summed E-state index contributed by atoms with van der Waals surface area (Å²) in [7, 11) is -3.52. The Kier molecular flexibility index (Phi) is 4.28. The highest BCUT2D eigenvalue weighted by Gasteiger charge is 2.31. The van der Waals surface area contributed by atoms with Gasteiger partial charge < -0.3 is 0 Å². The van der Waals surface area contributed by atoms with Crippen molar-refractivity contribution in [1.82, 2.24) is 0 Å². The lowest BCUT2D eigenvalue weighted by atomic mass is 10.9. The highest BCUT2D eigenvalue weighted by atomic mass is 31.1. The van der Waals surface area contributed by atoms with E-state index < -0.39 is 16.6 Å². The summed E-state index contributed by atoms with van der Waals surface area (Å²) in [5.41, 5.74) is 0. The summed E-state index contributed by atoms with van der Waals surface area (Å²) in [4.78, 5) is 0. The Labute approximate surface area is 63.8 Å². The summed E-state index contributed by atoms with van der Waals surface area (Å²) < 4.78 is 20.6. The predicted molar refractivity (Wildman–Crippen MR) is 43.7 cm³/mol. The summed E-state index contributed by atoms with van der Waals surface area (Å²) >= 11 is 0. The number of rotatable bonds is 4. The molecule has 0 saturated carbocycles. The summed E-state index contributed by atoms with van der Waals surface area (Å²) in [5.74, 6) is 0. The lowest BCUT2D eigenvalue weighted by molar-refractivity contribution is 0.301. The lowest BCUT2D eigenvalue weighted by Crippen LogP contribution is -2.21. The van der Waals surface area contributed by atoms with Gasteiger partial charge in [-0.25, -0.2) is 0 Å². The first-order chi connectivity index (χ1) is 4.45. The number of hydrogen-bond donors (Lipinski definition) is 0. The van der Waals surface area contributed by atoms with Crippen molar-refractivity contribution in [2.24, 2.45) is 0 Å². The Hall–Kier alpha value is 0.237. The van der Waals surface area contributed by atoms with Crippen molar-refractivity contribution in [1.29, 1.82) is 0 Å². The molecule has 10 heavy (non-hydrogen) atoms. The fourth-order valence-electron chi connectivity index (χ4n) is 0.355. The molecule has 3 nitrogen and oxygen atoms in total. The molecule has 0 rings (SSSR count). The maximum absolute atomic E-state index is 10.8. The third-order valence-electron chi connectivity index (χ3n) is 0.583. The van der Waals surface area contributed by atoms with E-state index in [4.69, 9.17) is 8.74 Å². The first kappa shape index (κ1) is 10.2. The standard InChI is InChI=1S/C5H14O3PSi/c1-5-7-9(6)8-10(2,3)4/h5H2,1-4H3/q+1. The molecule has 0 spiro atoms. The molecule has 0 aliphatic carbocycles. The van der Waals surface area contributed by atoms with Gasteiger partial charge in [-0.15, -0.1) is 4.52 Å². The van der Waals surface area contributed by atoms with E-state index in [9.17, 15) is 4.57 Å². The van der Waals surface area contributed by atoms with Crippen molar-refractivity contribution in [3.05, 3.63) is 0 Å². The summed E-state index contributed by atoms with van der Waals surface area (Å²) in [5, 5.41) is 0. The van der Waals surface area contributed by atoms with Gasteiger partial charge in [0.25, 0.3) is 8.32 Å². The fourth-order valence-corrected chi connectivity index (χ4v) is 2.57. The maximum atomic E-state index is 10.8. The maximum Gasteiger partial charge on any atom is 0.685 e. The van der Waals surface area contributed by atoms with Gasteiger partial charge in [0.1, 0.15) is 6.61 Å². The van der Waals surface area contributed by atoms with Gasteiger partial charge in [0.2, 0.25) is 0 Å². The molecule has 1 atom stereocenters. The smallest absolute Gasteiger partial charge is 0.176 e. The topological polar surface area (TPSA) is 35.5 Å². The zero-order valence-electron chi connectivity index (χ0n) is 6.88. The van der Waals surface area contributed by atoms with Crippen molar-refractivity contribution in [3.63, 3.8) is 0 Å². The van der Waals surface area contributed by atoms with E-state index in [1.807, 2.05) is 19.6 Å². The Morgan fingerprint density at radius 2 is 1.90 bits per heavy atom. The SMILES string of the molecule is CCO[P+](=O)O[Si](C)(C)C. The molecule has 0 aromatic carbocycles. The van der Waals surface area contributed by atoms with Gasteiger partial charge in [0.05, 0.1) is 0 Å². The molecule has 0 amide bonds. The zero-order valence-corrected chi connectivity index (χ0v) is 8.77. The zero-order chi connectivity index (χ0) is 8.20. The first-order valence-electron chi connectivity index (χ1n) is 3.25. The third kappa shape index (κ3) is 6.36. The molecule has 5 heteroatoms. The van der Waals surface area contributed by atoms with E-state index >= 15 is 0 Å². The van der Waals surface area contributed by atoms with E-state index in [0.29, 0.717) is 6.61 Å². The molecule has 0 saturated heterocycles. The average Bonchev–Trinajstić information content (AvgIpc) is 1.59. The summed E-state index contributed by atoms with van der Waals surface area (Å²) in [6.45, 7) is 8.15. The average molecular weight is 181 g/mol. The van der Waals surface area contributed by atoms with Crippen LogP contribution >= 0.6 is 8.25 Å². The molecule has 0 aliphatic heterocycles. The van der Waals surface area contributed by atoms with Crippen molar-refractivity contribution in [2.45, 2.75) is 26.6 Å². The third-order valence-corrected chi connectivity index (χ3v) is 3.84. The first-order valence-corrected chi connectivity index (χ1v) is 7.75. The van der Waals surface area contributed by atoms with Crippen LogP contribution in [0.3, 0.4) is 0 Å². The number of hydrogen-bond acceptors (Lipinski definition) is 3. The minimum absolute atomic E-state index is 0.444. The van der Waals surface area contributed by atoms with Crippen LogP contribution in [0.1, 0.15) is 6.92 Å². The van der Waals surface area contributed by atoms with Gasteiger partial charge in [-0.05, 0) is 26.6 Å². The predicted octanol–water partition coefficient (Wildman–Crippen LogP) is 2.53. The van der Waals surface area contributed by atoms with E-state index in [2.05, 4.69) is 0 Å². The Balaban J connectivity index is 3.58. The Morgan fingerprint density at radius 3 is 2.20 bits per heavy atom. The highest BCUT2D eigenvalue weighted by molar-refractivity contribution is 7.35. The molecule has 0 bridgehead atoms. The van der Waals surface area contributed by atoms with Crippen LogP contribution < -0.4 is 0 Å². The van der Waals surface area contributed by atoms with E-state index in [1.165, 1.54) is 0 Å². The summed E-state index contributed by atoms with van der Waals surface area (Å²) in [6.07, 6.45) is 0. The van der Waals surface area contributed by atoms with Crippen LogP contribution in [0.5, 0.6) is 0 Å². The van der Waals surface area contributed by atoms with Gasteiger partial charge in [-0.1, -0.05) is 0 Å². The minimum Gasteiger partial charge on any atom is -0.176 e. The molecule has 0 radical (unpaired) electrons. The van der Waals surface area contributed by atoms with Crippen LogP contribution in [-0.2, 0) is 13.3 Å². The molecule has 0 aliphatic rings. The second kappa shape index (κ2) is 4.19. The van der Waals surface area contributed by atoms with Crippen molar-refractivity contribution in [3.8, 4) is 0 Å². The van der Waals surface area contributed by atoms with Gasteiger partial charge in [-0.2, -0.15) is 4.21 Å². The largest absolute Gasteiger partial charge is 0.685 e. The summed E-state index contributed by atoms with van der Waals surface area (Å²) in [6, 6.07) is 0. The molecule has 0 fully saturated rings. The molecule has 1 unspecified atom stereocenters. The van der Waals surface area contributed by atoms with Crippen molar-refractivity contribution >= 4 is 16.6 Å². The van der Waals surface area contributed by atoms with E-state index in [0.717, 1.165) is 0 Å². The normalized spacial score (nSPS) is 13.4. The second-order valence-electron chi connectivity index (χ2n) is 2.85. The quantitative estimate of drug-likeness (QED) is 0.494. The Morgan fingerprint density at radius 1 is 1.40 bits per heavy atom. The molecule has 60 valence electrons. The molecule has 0 heterocycles. The van der Waals surface area contributed by atoms with Crippen LogP contribution in [0.4, 0.5) is 0 Å². The van der Waals surface area contributed by atoms with E-state index in [-0.39, 0.29) is 0 Å². The monoisotopic (exact) mass is 181 g/mol. The van der Waals surface area contributed by atoms with Crippen molar-refractivity contribution in [2.75, 3.05) is 6.61 Å². The highest BCUT2D eigenvalue weighted by Crippen LogP contribution is 2.28. The van der Waals surface area contributed by atoms with E-state index in [1.54, 1.807) is 6.92 Å². The Bertz CT molecular complexity index is 121. The molecular formula is C5H14O3PSi+. The fraction of sp³-hybridized carbons (Fsp3) is 1.00. The molecule has 0 aromatic heterocycles. The van der Waals surface area contributed by atoms with Crippen molar-refractivity contribution < 1.29 is 13.3 Å². The van der Waals surface area contributed by atoms with Crippen LogP contribution in [0.15, 0.2) is 0 Å². The van der Waals surface area contributed by atoms with Gasteiger partial charge in [0.15, 0.2) is 0 Å². The van der Waals surface area contributed by atoms with Gasteiger partial charge >= 0.3 is 8.25 Å². The van der Waals surface area contributed by atoms with Crippen LogP contribution in [0.2, 0.25) is 19.6 Å². The molecule has 0 N–H and O–H groups in total. The minimum atomic E-state index is -1.86. The molecule has 0 aromatic rings. The van der Waals surface area contributed by atoms with Gasteiger partial charge in [-0.3, -0.25) is 0 Å². The lowest BCUT2D eigenvalue weighted by Gasteiger charge is -2.03. The second-order valence-corrected chi connectivity index (χ2v) is 8.51. The van der Waals surface area contributed by atoms with Crippen LogP contribution in [-0.4, -0.2) is 14.9 Å². The van der Waals surface area contributed by atoms with Crippen LogP contribution in [0.25, 0.3) is 0 Å². The van der Waals surface area contributed by atoms with Gasteiger partial charge in [0, 0.05) is 4.57 Å². The van der Waals surface area contributed by atoms with Crippen LogP contribution in [0, 0.1) is 0 Å².